The smallest absolute Gasteiger partial charge is 0.324 e. The van der Waals surface area contributed by atoms with Crippen molar-refractivity contribution < 1.29 is 79.1 Å². The Morgan fingerprint density at radius 1 is 0.294 bits per heavy atom. The Bertz CT molecular complexity index is 61.5. The van der Waals surface area contributed by atoms with Crippen molar-refractivity contribution >= 4 is 34.4 Å². The zero-order chi connectivity index (χ0) is 14.3. The van der Waals surface area contributed by atoms with E-state index < -0.39 is 34.4 Å². The molecule has 0 aliphatic carbocycles. The zero-order valence-corrected chi connectivity index (χ0v) is 12.6. The molecule has 0 spiro atoms. The molecule has 12 nitrogen and oxygen atoms in total. The van der Waals surface area contributed by atoms with Crippen LogP contribution in [0.3, 0.4) is 0 Å². The first kappa shape index (κ1) is 31.3. The van der Waals surface area contributed by atoms with E-state index in [0.717, 1.165) is 0 Å². The van der Waals surface area contributed by atoms with E-state index in [-0.39, 0.29) is 20.4 Å². The Kier molecular flexibility index (Phi) is 48.8. The number of rotatable bonds is 0. The first-order chi connectivity index (χ1) is 6.93. The summed E-state index contributed by atoms with van der Waals surface area (Å²) in [6.45, 7) is 0. The second-order valence-corrected chi connectivity index (χ2v) is 3.22. The van der Waals surface area contributed by atoms with Crippen LogP contribution in [-0.2, 0) is 20.4 Å². The van der Waals surface area contributed by atoms with Gasteiger partial charge in [0.25, 0.3) is 0 Å². The van der Waals surface area contributed by atoms with Crippen LogP contribution < -0.4 is 0 Å². The number of hydrogen-bond acceptors (Lipinski definition) is 12. The molecule has 12 N–H and O–H groups in total. The molecule has 17 heavy (non-hydrogen) atoms. The Morgan fingerprint density at radius 3 is 0.294 bits per heavy atom. The van der Waals surface area contributed by atoms with Crippen LogP contribution in [0.4, 0.5) is 0 Å². The molecule has 0 aromatic rings. The van der Waals surface area contributed by atoms with Crippen LogP contribution in [0.5, 0.6) is 0 Å². The van der Waals surface area contributed by atoms with Gasteiger partial charge < -0.3 is 58.7 Å². The van der Waals surface area contributed by atoms with Gasteiger partial charge in [-0.25, -0.2) is 0 Å². The van der Waals surface area contributed by atoms with Gasteiger partial charge in [-0.1, -0.05) is 0 Å². The second-order valence-electron chi connectivity index (χ2n) is 1.07. The van der Waals surface area contributed by atoms with E-state index in [2.05, 4.69) is 0 Å². The zero-order valence-electron chi connectivity index (χ0n) is 7.47. The second kappa shape index (κ2) is 26.5. The maximum Gasteiger partial charge on any atom is 0.324 e. The molecule has 0 bridgehead atoms. The van der Waals surface area contributed by atoms with Gasteiger partial charge in [0.1, 0.15) is 0 Å². The molecule has 17 heteroatoms. The third-order valence-corrected chi connectivity index (χ3v) is 0. The van der Waals surface area contributed by atoms with Crippen molar-refractivity contribution in [3.8, 4) is 0 Å². The topological polar surface area (TPSA) is 243 Å². The Labute approximate surface area is 114 Å². The molecular weight excluding hydrogens is 422 g/mol. The van der Waals surface area contributed by atoms with E-state index >= 15 is 0 Å². The summed E-state index contributed by atoms with van der Waals surface area (Å²) >= 11 is 0. The maximum atomic E-state index is 7.23. The summed E-state index contributed by atoms with van der Waals surface area (Å²) in [5.74, 6) is 0. The molecule has 0 aromatic heterocycles. The van der Waals surface area contributed by atoms with Crippen molar-refractivity contribution in [2.45, 2.75) is 0 Å². The minimum absolute atomic E-state index is 0. The van der Waals surface area contributed by atoms with Gasteiger partial charge in [0.15, 0.2) is 0 Å². The van der Waals surface area contributed by atoms with Crippen LogP contribution in [0.15, 0.2) is 0 Å². The van der Waals surface area contributed by atoms with E-state index in [9.17, 15) is 0 Å². The first-order valence-electron chi connectivity index (χ1n) is 2.40. The largest absolute Gasteiger partial charge is 0.328 e. The predicted octanol–water partition coefficient (Wildman–Crippen LogP) is -3.24. The third-order valence-electron chi connectivity index (χ3n) is 0. The van der Waals surface area contributed by atoms with E-state index in [1.54, 1.807) is 0 Å². The van der Waals surface area contributed by atoms with Crippen LogP contribution >= 0.6 is 34.4 Å². The molecule has 0 rings (SSSR count). The maximum absolute atomic E-state index is 7.23. The fraction of sp³-hybridized carbons (Fsp3) is 0. The minimum Gasteiger partial charge on any atom is -0.328 e. The average molecular weight is 434 g/mol. The Morgan fingerprint density at radius 2 is 0.294 bits per heavy atom. The van der Waals surface area contributed by atoms with Gasteiger partial charge in [-0.15, -0.1) is 0 Å². The monoisotopic (exact) mass is 434 g/mol. The fourth-order valence-corrected chi connectivity index (χ4v) is 0. The van der Waals surface area contributed by atoms with Crippen LogP contribution in [-0.4, -0.2) is 58.7 Å². The summed E-state index contributed by atoms with van der Waals surface area (Å²) in [5.41, 5.74) is 0. The molecule has 0 aromatic carbocycles. The molecule has 0 saturated heterocycles. The van der Waals surface area contributed by atoms with Gasteiger partial charge in [0, 0.05) is 20.4 Å². The summed E-state index contributed by atoms with van der Waals surface area (Å²) in [4.78, 5) is 86.8. The van der Waals surface area contributed by atoms with Gasteiger partial charge in [0.2, 0.25) is 0 Å². The molecule has 0 amide bonds. The Hall–Kier alpha value is 1.90. The summed E-state index contributed by atoms with van der Waals surface area (Å²) in [7, 11) is -10.5. The van der Waals surface area contributed by atoms with Crippen molar-refractivity contribution in [2.75, 3.05) is 0 Å². The molecule has 0 atom stereocenters. The van der Waals surface area contributed by atoms with Crippen molar-refractivity contribution in [1.29, 1.82) is 0 Å². The molecule has 0 aliphatic rings. The molecule has 0 saturated carbocycles. The summed E-state index contributed by atoms with van der Waals surface area (Å²) in [6, 6.07) is 0. The Balaban J connectivity index is -0.0000000369. The van der Waals surface area contributed by atoms with Gasteiger partial charge in [0.05, 0.1) is 0 Å². The molecule has 0 heterocycles. The van der Waals surface area contributed by atoms with Gasteiger partial charge in [-0.3, -0.25) is 0 Å². The van der Waals surface area contributed by atoms with E-state index in [1.165, 1.54) is 0 Å². The van der Waals surface area contributed by atoms with Crippen LogP contribution in [0, 0.1) is 0 Å². The molecular formula is H12O12P4Pd. The molecule has 114 valence electrons. The standard InChI is InChI=1S/4H3O3P.Pd/c4*1-4(2)3;/h4*1-3H;. The normalized spacial score (nSPS) is 8.47. The molecule has 0 fully saturated rings. The quantitative estimate of drug-likeness (QED) is 0.133. The number of hydrogen-bond donors (Lipinski definition) is 12. The van der Waals surface area contributed by atoms with Crippen molar-refractivity contribution in [3.05, 3.63) is 0 Å². The van der Waals surface area contributed by atoms with Crippen molar-refractivity contribution in [3.63, 3.8) is 0 Å². The average Bonchev–Trinajstić information content (AvgIpc) is 1.76. The van der Waals surface area contributed by atoms with Gasteiger partial charge >= 0.3 is 34.4 Å². The van der Waals surface area contributed by atoms with Crippen molar-refractivity contribution in [2.24, 2.45) is 0 Å². The summed E-state index contributed by atoms with van der Waals surface area (Å²) in [6.07, 6.45) is 0. The van der Waals surface area contributed by atoms with E-state index in [1.807, 2.05) is 0 Å². The molecule has 0 aliphatic heterocycles. The van der Waals surface area contributed by atoms with Crippen LogP contribution in [0.2, 0.25) is 0 Å². The molecule has 0 unspecified atom stereocenters. The summed E-state index contributed by atoms with van der Waals surface area (Å²) in [5, 5.41) is 0. The summed E-state index contributed by atoms with van der Waals surface area (Å²) < 4.78 is 0. The molecule has 0 radical (unpaired) electrons. The first-order valence-corrected chi connectivity index (χ1v) is 7.20. The van der Waals surface area contributed by atoms with E-state index in [0.29, 0.717) is 0 Å². The van der Waals surface area contributed by atoms with Crippen LogP contribution in [0.25, 0.3) is 0 Å². The fourth-order valence-electron chi connectivity index (χ4n) is 0. The van der Waals surface area contributed by atoms with Crippen molar-refractivity contribution in [1.82, 2.24) is 0 Å². The van der Waals surface area contributed by atoms with Gasteiger partial charge in [-0.2, -0.15) is 0 Å². The minimum atomic E-state index is -2.62. The predicted molar refractivity (Wildman–Crippen MR) is 54.3 cm³/mol. The third kappa shape index (κ3) is 1250. The van der Waals surface area contributed by atoms with Gasteiger partial charge in [-0.05, 0) is 0 Å². The SMILES string of the molecule is OP(O)O.OP(O)O.OP(O)O.OP(O)O.[Pd]. The van der Waals surface area contributed by atoms with E-state index in [4.69, 9.17) is 58.7 Å². The van der Waals surface area contributed by atoms with Crippen LogP contribution in [0.1, 0.15) is 0 Å².